The van der Waals surface area contributed by atoms with Gasteiger partial charge in [0.25, 0.3) is 0 Å². The second-order valence-corrected chi connectivity index (χ2v) is 7.02. The molecule has 102 valence electrons. The van der Waals surface area contributed by atoms with E-state index in [1.165, 1.54) is 0 Å². The number of rotatable bonds is 2. The van der Waals surface area contributed by atoms with E-state index in [1.807, 2.05) is 19.3 Å². The van der Waals surface area contributed by atoms with Gasteiger partial charge in [-0.15, -0.1) is 0 Å². The molecule has 1 fully saturated rings. The summed E-state index contributed by atoms with van der Waals surface area (Å²) in [7, 11) is 1.92. The van der Waals surface area contributed by atoms with Crippen LogP contribution in [0.15, 0.2) is 12.3 Å². The Bertz CT molecular complexity index is 395. The zero-order chi connectivity index (χ0) is 13.4. The summed E-state index contributed by atoms with van der Waals surface area (Å²) in [6.45, 7) is 6.92. The summed E-state index contributed by atoms with van der Waals surface area (Å²) in [5, 5.41) is 15.0. The van der Waals surface area contributed by atoms with Crippen molar-refractivity contribution >= 4 is 0 Å². The van der Waals surface area contributed by atoms with Crippen LogP contribution < -0.4 is 0 Å². The summed E-state index contributed by atoms with van der Waals surface area (Å²) in [6.07, 6.45) is 6.72. The molecule has 2 rings (SSSR count). The van der Waals surface area contributed by atoms with E-state index in [0.717, 1.165) is 37.3 Å². The summed E-state index contributed by atoms with van der Waals surface area (Å²) >= 11 is 0. The van der Waals surface area contributed by atoms with Crippen molar-refractivity contribution in [2.45, 2.75) is 58.5 Å². The molecule has 0 unspecified atom stereocenters. The highest BCUT2D eigenvalue weighted by Crippen LogP contribution is 2.42. The van der Waals surface area contributed by atoms with Crippen molar-refractivity contribution < 1.29 is 5.11 Å². The molecular weight excluding hydrogens is 224 g/mol. The number of aromatic nitrogens is 2. The SMILES string of the molecule is Cn1ccc(CC2(O)CCC(C(C)(C)C)CC2)n1. The van der Waals surface area contributed by atoms with Crippen molar-refractivity contribution in [3.05, 3.63) is 18.0 Å². The van der Waals surface area contributed by atoms with Gasteiger partial charge < -0.3 is 5.11 Å². The number of hydrogen-bond donors (Lipinski definition) is 1. The highest BCUT2D eigenvalue weighted by Gasteiger charge is 2.37. The minimum absolute atomic E-state index is 0.367. The molecule has 0 spiro atoms. The molecule has 0 amide bonds. The first-order valence-corrected chi connectivity index (χ1v) is 6.99. The van der Waals surface area contributed by atoms with Gasteiger partial charge in [0.2, 0.25) is 0 Å². The molecule has 0 saturated heterocycles. The summed E-state index contributed by atoms with van der Waals surface area (Å²) < 4.78 is 1.81. The van der Waals surface area contributed by atoms with E-state index < -0.39 is 5.60 Å². The number of nitrogens with zero attached hydrogens (tertiary/aromatic N) is 2. The molecule has 1 heterocycles. The van der Waals surface area contributed by atoms with E-state index in [9.17, 15) is 5.11 Å². The van der Waals surface area contributed by atoms with Crippen molar-refractivity contribution in [1.82, 2.24) is 9.78 Å². The van der Waals surface area contributed by atoms with Crippen LogP contribution in [0.1, 0.15) is 52.1 Å². The van der Waals surface area contributed by atoms with E-state index in [4.69, 9.17) is 0 Å². The Hall–Kier alpha value is -0.830. The van der Waals surface area contributed by atoms with Gasteiger partial charge in [-0.3, -0.25) is 4.68 Å². The molecule has 1 aromatic rings. The first-order valence-electron chi connectivity index (χ1n) is 6.99. The fourth-order valence-corrected chi connectivity index (χ4v) is 3.09. The van der Waals surface area contributed by atoms with Crippen molar-refractivity contribution in [2.24, 2.45) is 18.4 Å². The van der Waals surface area contributed by atoms with Crippen LogP contribution in [0.25, 0.3) is 0 Å². The van der Waals surface area contributed by atoms with Gasteiger partial charge in [-0.05, 0) is 43.1 Å². The molecule has 0 radical (unpaired) electrons. The lowest BCUT2D eigenvalue weighted by Crippen LogP contribution is -2.39. The normalized spacial score (nSPS) is 29.5. The maximum atomic E-state index is 10.7. The first kappa shape index (κ1) is 13.6. The molecule has 0 atom stereocenters. The summed E-state index contributed by atoms with van der Waals surface area (Å²) in [5.41, 5.74) is 0.844. The predicted octanol–water partition coefficient (Wildman–Crippen LogP) is 2.93. The minimum Gasteiger partial charge on any atom is -0.389 e. The average Bonchev–Trinajstić information content (AvgIpc) is 2.62. The van der Waals surface area contributed by atoms with Gasteiger partial charge in [0, 0.05) is 19.7 Å². The fraction of sp³-hybridized carbons (Fsp3) is 0.800. The van der Waals surface area contributed by atoms with Gasteiger partial charge >= 0.3 is 0 Å². The molecule has 1 aliphatic carbocycles. The van der Waals surface area contributed by atoms with Crippen LogP contribution >= 0.6 is 0 Å². The van der Waals surface area contributed by atoms with Crippen LogP contribution in [0.2, 0.25) is 0 Å². The second-order valence-electron chi connectivity index (χ2n) is 7.02. The average molecular weight is 250 g/mol. The molecule has 0 aliphatic heterocycles. The van der Waals surface area contributed by atoms with Crippen molar-refractivity contribution in [3.63, 3.8) is 0 Å². The molecule has 18 heavy (non-hydrogen) atoms. The number of hydrogen-bond acceptors (Lipinski definition) is 2. The topological polar surface area (TPSA) is 38.0 Å². The van der Waals surface area contributed by atoms with Crippen molar-refractivity contribution in [3.8, 4) is 0 Å². The Morgan fingerprint density at radius 3 is 2.44 bits per heavy atom. The monoisotopic (exact) mass is 250 g/mol. The Kier molecular flexibility index (Phi) is 3.54. The van der Waals surface area contributed by atoms with Crippen molar-refractivity contribution in [1.29, 1.82) is 0 Å². The lowest BCUT2D eigenvalue weighted by atomic mass is 9.67. The fourth-order valence-electron chi connectivity index (χ4n) is 3.09. The van der Waals surface area contributed by atoms with Gasteiger partial charge in [-0.25, -0.2) is 0 Å². The van der Waals surface area contributed by atoms with Gasteiger partial charge in [-0.1, -0.05) is 20.8 Å². The zero-order valence-corrected chi connectivity index (χ0v) is 12.1. The third kappa shape index (κ3) is 3.14. The molecule has 3 heteroatoms. The molecule has 1 aliphatic rings. The Morgan fingerprint density at radius 2 is 2.00 bits per heavy atom. The van der Waals surface area contributed by atoms with Crippen LogP contribution in [0.4, 0.5) is 0 Å². The minimum atomic E-state index is -0.532. The van der Waals surface area contributed by atoms with Crippen LogP contribution in [-0.4, -0.2) is 20.5 Å². The van der Waals surface area contributed by atoms with E-state index >= 15 is 0 Å². The summed E-state index contributed by atoms with van der Waals surface area (Å²) in [4.78, 5) is 0. The Balaban J connectivity index is 1.95. The largest absolute Gasteiger partial charge is 0.389 e. The molecular formula is C15H26N2O. The third-order valence-corrected chi connectivity index (χ3v) is 4.42. The standard InChI is InChI=1S/C15H26N2O/c1-14(2,3)12-5-8-15(18,9-6-12)11-13-7-10-17(4)16-13/h7,10,12,18H,5-6,8-9,11H2,1-4H3. The smallest absolute Gasteiger partial charge is 0.0703 e. The maximum absolute atomic E-state index is 10.7. The maximum Gasteiger partial charge on any atom is 0.0703 e. The first-order chi connectivity index (χ1) is 8.28. The predicted molar refractivity (Wildman–Crippen MR) is 73.3 cm³/mol. The lowest BCUT2D eigenvalue weighted by Gasteiger charge is -2.41. The van der Waals surface area contributed by atoms with Crippen LogP contribution in [-0.2, 0) is 13.5 Å². The van der Waals surface area contributed by atoms with Gasteiger partial charge in [0.15, 0.2) is 0 Å². The molecule has 1 saturated carbocycles. The summed E-state index contributed by atoms with van der Waals surface area (Å²) in [6, 6.07) is 2.01. The quantitative estimate of drug-likeness (QED) is 0.876. The third-order valence-electron chi connectivity index (χ3n) is 4.42. The zero-order valence-electron chi connectivity index (χ0n) is 12.1. The highest BCUT2D eigenvalue weighted by molar-refractivity contribution is 5.05. The van der Waals surface area contributed by atoms with Crippen LogP contribution in [0, 0.1) is 11.3 Å². The van der Waals surface area contributed by atoms with Gasteiger partial charge in [0.1, 0.15) is 0 Å². The molecule has 0 bridgehead atoms. The Morgan fingerprint density at radius 1 is 1.39 bits per heavy atom. The van der Waals surface area contributed by atoms with Crippen LogP contribution in [0.3, 0.4) is 0 Å². The van der Waals surface area contributed by atoms with E-state index in [-0.39, 0.29) is 0 Å². The lowest BCUT2D eigenvalue weighted by molar-refractivity contribution is -0.0252. The van der Waals surface area contributed by atoms with Crippen LogP contribution in [0.5, 0.6) is 0 Å². The van der Waals surface area contributed by atoms with Gasteiger partial charge in [-0.2, -0.15) is 5.10 Å². The molecule has 0 aromatic carbocycles. The van der Waals surface area contributed by atoms with E-state index in [1.54, 1.807) is 4.68 Å². The van der Waals surface area contributed by atoms with E-state index in [0.29, 0.717) is 11.8 Å². The second kappa shape index (κ2) is 4.69. The number of aryl methyl sites for hydroxylation is 1. The van der Waals surface area contributed by atoms with E-state index in [2.05, 4.69) is 25.9 Å². The molecule has 3 nitrogen and oxygen atoms in total. The summed E-state index contributed by atoms with van der Waals surface area (Å²) in [5.74, 6) is 0.738. The Labute approximate surface area is 110 Å². The van der Waals surface area contributed by atoms with Gasteiger partial charge in [0.05, 0.1) is 11.3 Å². The molecule has 1 aromatic heterocycles. The highest BCUT2D eigenvalue weighted by atomic mass is 16.3. The van der Waals surface area contributed by atoms with Crippen molar-refractivity contribution in [2.75, 3.05) is 0 Å². The molecule has 1 N–H and O–H groups in total. The number of aliphatic hydroxyl groups is 1.